The molecule has 0 N–H and O–H groups in total. The van der Waals surface area contributed by atoms with Crippen LogP contribution in [-0.4, -0.2) is 5.49 Å². The van der Waals surface area contributed by atoms with Crippen molar-refractivity contribution < 1.29 is 17.1 Å². The molecule has 2 heteroatoms. The molecule has 4 aromatic rings. The number of allylic oxidation sites excluding steroid dienone is 2. The van der Waals surface area contributed by atoms with Crippen LogP contribution in [0.1, 0.15) is 65.2 Å². The van der Waals surface area contributed by atoms with Crippen LogP contribution in [0.4, 0.5) is 0 Å². The fraction of sp³-hybridized carbons (Fsp3) is 0.300. The molecule has 0 aliphatic heterocycles. The Hall–Kier alpha value is -2.55. The Labute approximate surface area is 255 Å². The van der Waals surface area contributed by atoms with Gasteiger partial charge in [-0.25, -0.2) is 0 Å². The molecule has 2 aliphatic rings. The first kappa shape index (κ1) is 29.5. The van der Waals surface area contributed by atoms with Crippen molar-refractivity contribution in [3.8, 4) is 22.3 Å². The van der Waals surface area contributed by atoms with Gasteiger partial charge in [0.15, 0.2) is 0 Å². The van der Waals surface area contributed by atoms with E-state index in [2.05, 4.69) is 148 Å². The number of aryl methyl sites for hydroxylation is 2. The van der Waals surface area contributed by atoms with E-state index in [0.717, 1.165) is 0 Å². The molecule has 2 unspecified atom stereocenters. The molecule has 0 aromatic heterocycles. The molecule has 0 saturated carbocycles. The summed E-state index contributed by atoms with van der Waals surface area (Å²) in [5.41, 5.74) is 16.7. The van der Waals surface area contributed by atoms with Crippen molar-refractivity contribution in [2.24, 2.45) is 0 Å². The molecule has 0 heterocycles. The predicted octanol–water partition coefficient (Wildman–Crippen LogP) is 11.9. The van der Waals surface area contributed by atoms with Gasteiger partial charge in [-0.1, -0.05) is 0 Å². The third-order valence-electron chi connectivity index (χ3n) is 11.5. The zero-order valence-corrected chi connectivity index (χ0v) is 31.4. The molecule has 2 atom stereocenters. The predicted molar refractivity (Wildman–Crippen MR) is 185 cm³/mol. The fourth-order valence-electron chi connectivity index (χ4n) is 8.27. The Bertz CT molecular complexity index is 1740. The second kappa shape index (κ2) is 10.9. The third-order valence-corrected chi connectivity index (χ3v) is 69.7. The van der Waals surface area contributed by atoms with E-state index >= 15 is 0 Å². The number of benzene rings is 4. The maximum absolute atomic E-state index is 3.78. The van der Waals surface area contributed by atoms with Gasteiger partial charge in [0, 0.05) is 0 Å². The van der Waals surface area contributed by atoms with Gasteiger partial charge >= 0.3 is 257 Å². The monoisotopic (exact) mass is 734 g/mol. The molecule has 0 spiro atoms. The number of hydrogen-bond donors (Lipinski definition) is 0. The van der Waals surface area contributed by atoms with Gasteiger partial charge in [0.2, 0.25) is 0 Å². The van der Waals surface area contributed by atoms with E-state index in [1.165, 1.54) is 68.1 Å². The van der Waals surface area contributed by atoms with E-state index in [0.29, 0.717) is 7.35 Å². The molecule has 0 saturated heterocycles. The molecule has 0 fully saturated rings. The molecule has 0 amide bonds. The third kappa shape index (κ3) is 4.39. The van der Waals surface area contributed by atoms with Gasteiger partial charge < -0.3 is 0 Å². The van der Waals surface area contributed by atoms with Crippen molar-refractivity contribution in [3.05, 3.63) is 129 Å². The minimum absolute atomic E-state index is 0.567. The fourth-order valence-corrected chi connectivity index (χ4v) is 52.7. The van der Waals surface area contributed by atoms with Crippen molar-refractivity contribution in [1.29, 1.82) is 0 Å². The zero-order chi connectivity index (χ0) is 29.8. The van der Waals surface area contributed by atoms with Crippen LogP contribution in [0.2, 0.25) is 22.0 Å². The van der Waals surface area contributed by atoms with Gasteiger partial charge in [0.1, 0.15) is 0 Å². The molecule has 42 heavy (non-hydrogen) atoms. The summed E-state index contributed by atoms with van der Waals surface area (Å²) in [6, 6.07) is 29.3. The summed E-state index contributed by atoms with van der Waals surface area (Å²) in [6.07, 6.45) is 11.6. The van der Waals surface area contributed by atoms with Crippen molar-refractivity contribution in [1.82, 2.24) is 0 Å². The van der Waals surface area contributed by atoms with Crippen LogP contribution in [0.5, 0.6) is 0 Å². The van der Waals surface area contributed by atoms with Crippen LogP contribution >= 0.6 is 0 Å². The Kier molecular flexibility index (Phi) is 7.63. The first-order chi connectivity index (χ1) is 20.1. The van der Waals surface area contributed by atoms with Crippen LogP contribution in [0.15, 0.2) is 84.9 Å². The van der Waals surface area contributed by atoms with Crippen molar-refractivity contribution in [3.63, 3.8) is 0 Å². The molecule has 214 valence electrons. The normalized spacial score (nSPS) is 17.5. The molecule has 2 aliphatic carbocycles. The topological polar surface area (TPSA) is 0 Å². The van der Waals surface area contributed by atoms with E-state index in [4.69, 9.17) is 0 Å². The molecular weight excluding hydrogens is 687 g/mol. The van der Waals surface area contributed by atoms with Gasteiger partial charge in [-0.2, -0.15) is 0 Å². The van der Waals surface area contributed by atoms with E-state index in [1.807, 2.05) is 0 Å². The van der Waals surface area contributed by atoms with Crippen molar-refractivity contribution >= 4 is 17.6 Å². The first-order valence-corrected chi connectivity index (χ1v) is 34.8. The summed E-state index contributed by atoms with van der Waals surface area (Å²) in [5, 5.41) is 0. The summed E-state index contributed by atoms with van der Waals surface area (Å²) in [6.45, 7) is 14.2. The van der Waals surface area contributed by atoms with Gasteiger partial charge in [0.25, 0.3) is 0 Å². The molecule has 6 rings (SSSR count). The number of hydrogen-bond acceptors (Lipinski definition) is 0. The number of rotatable bonds is 6. The van der Waals surface area contributed by atoms with Gasteiger partial charge in [0.05, 0.1) is 0 Å². The number of fused-ring (bicyclic) bond motifs is 2. The molecular formula is C40H46HfSi. The van der Waals surface area contributed by atoms with Crippen LogP contribution in [0.25, 0.3) is 34.4 Å². The second-order valence-corrected chi connectivity index (χ2v) is 61.3. The summed E-state index contributed by atoms with van der Waals surface area (Å²) in [5.74, 6) is 0. The van der Waals surface area contributed by atoms with E-state index in [1.54, 1.807) is 11.1 Å². The summed E-state index contributed by atoms with van der Waals surface area (Å²) in [7, 11) is 0. The minimum atomic E-state index is -3.78. The quantitative estimate of drug-likeness (QED) is 0.173. The summed E-state index contributed by atoms with van der Waals surface area (Å²) < 4.78 is 6.87. The Balaban J connectivity index is 1.56. The summed E-state index contributed by atoms with van der Waals surface area (Å²) in [4.78, 5) is 0. The van der Waals surface area contributed by atoms with E-state index in [-0.39, 0.29) is 0 Å². The Morgan fingerprint density at radius 2 is 1.00 bits per heavy atom. The Morgan fingerprint density at radius 1 is 0.595 bits per heavy atom. The SMILES string of the molecule is CCC[Si](C)=[Hf]([CH3])([CH3])([CH]1C=Cc2c(-c3cccc(C)c3C)cccc21)[CH]1C=Cc2c(-c3cccc(C)c3C)cccc21. The van der Waals surface area contributed by atoms with Crippen LogP contribution in [-0.2, 0) is 17.1 Å². The zero-order valence-electron chi connectivity index (χ0n) is 26.8. The van der Waals surface area contributed by atoms with Crippen LogP contribution in [0.3, 0.4) is 0 Å². The van der Waals surface area contributed by atoms with Crippen molar-refractivity contribution in [2.45, 2.75) is 70.3 Å². The molecule has 0 bridgehead atoms. The van der Waals surface area contributed by atoms with Gasteiger partial charge in [-0.15, -0.1) is 0 Å². The maximum atomic E-state index is 2.87. The van der Waals surface area contributed by atoms with Gasteiger partial charge in [-0.05, 0) is 0 Å². The average Bonchev–Trinajstić information content (AvgIpc) is 3.62. The van der Waals surface area contributed by atoms with Gasteiger partial charge in [-0.3, -0.25) is 0 Å². The summed E-state index contributed by atoms with van der Waals surface area (Å²) >= 11 is -3.78. The molecule has 0 radical (unpaired) electrons. The molecule has 4 aromatic carbocycles. The standard InChI is InChI=1S/2C17H15.C4H10Si.2CH3.Hf/c2*1-12-6-3-9-15(13(12)2)17-11-5-8-14-7-4-10-16(14)17;1-3-4-5-2;;;/h2*3-11H,1-2H3;3-4H2,1-2H3;2*1H3;. The van der Waals surface area contributed by atoms with E-state index in [9.17, 15) is 0 Å². The first-order valence-electron chi connectivity index (χ1n) is 15.9. The van der Waals surface area contributed by atoms with Crippen LogP contribution < -0.4 is 0 Å². The average molecular weight is 733 g/mol. The molecule has 0 nitrogen and oxygen atoms in total. The van der Waals surface area contributed by atoms with Crippen molar-refractivity contribution in [2.75, 3.05) is 0 Å². The van der Waals surface area contributed by atoms with E-state index < -0.39 is 22.6 Å². The van der Waals surface area contributed by atoms with Crippen LogP contribution in [0, 0.1) is 27.7 Å². The Morgan fingerprint density at radius 3 is 1.43 bits per heavy atom. The second-order valence-electron chi connectivity index (χ2n) is 13.9.